The van der Waals surface area contributed by atoms with E-state index in [1.807, 2.05) is 18.2 Å². The van der Waals surface area contributed by atoms with Crippen LogP contribution in [0.5, 0.6) is 0 Å². The average Bonchev–Trinajstić information content (AvgIpc) is 3.02. The van der Waals surface area contributed by atoms with E-state index in [2.05, 4.69) is 26.7 Å². The third-order valence-electron chi connectivity index (χ3n) is 2.51. The van der Waals surface area contributed by atoms with Gasteiger partial charge in [-0.1, -0.05) is 24.4 Å². The van der Waals surface area contributed by atoms with Crippen LogP contribution in [0, 0.1) is 6.08 Å². The summed E-state index contributed by atoms with van der Waals surface area (Å²) >= 11 is 5.30. The highest BCUT2D eigenvalue weighted by molar-refractivity contribution is 7.80. The third kappa shape index (κ3) is 1.72. The first-order valence-electron chi connectivity index (χ1n) is 4.97. The highest BCUT2D eigenvalue weighted by atomic mass is 32.1. The molecule has 3 rings (SSSR count). The van der Waals surface area contributed by atoms with Gasteiger partial charge in [-0.3, -0.25) is 0 Å². The maximum atomic E-state index is 5.41. The van der Waals surface area contributed by atoms with Crippen LogP contribution < -0.4 is 0 Å². The van der Waals surface area contributed by atoms with Crippen LogP contribution in [-0.2, 0) is 0 Å². The summed E-state index contributed by atoms with van der Waals surface area (Å²) in [6, 6.07) is 3.70. The van der Waals surface area contributed by atoms with E-state index in [1.54, 1.807) is 12.3 Å². The van der Waals surface area contributed by atoms with E-state index in [0.717, 1.165) is 11.3 Å². The van der Waals surface area contributed by atoms with E-state index in [0.29, 0.717) is 10.7 Å². The lowest BCUT2D eigenvalue weighted by atomic mass is 9.88. The fourth-order valence-electron chi connectivity index (χ4n) is 1.77. The van der Waals surface area contributed by atoms with Crippen molar-refractivity contribution in [3.05, 3.63) is 48.2 Å². The second-order valence-electron chi connectivity index (χ2n) is 3.50. The standard InChI is InChI=1S/C11H7N4OS/c17-9-5-1-3-7(11-12-14-15-13-11)10(9)8-4-2-6-16-8/h1-4,6,10H,(H,12,13,14,15). The van der Waals surface area contributed by atoms with Gasteiger partial charge < -0.3 is 4.42 Å². The van der Waals surface area contributed by atoms with Gasteiger partial charge in [-0.15, -0.1) is 5.10 Å². The van der Waals surface area contributed by atoms with Crippen LogP contribution in [0.15, 0.2) is 35.0 Å². The fourth-order valence-corrected chi connectivity index (χ4v) is 2.08. The van der Waals surface area contributed by atoms with Crippen LogP contribution in [0.25, 0.3) is 5.57 Å². The molecule has 1 N–H and O–H groups in total. The third-order valence-corrected chi connectivity index (χ3v) is 2.86. The number of rotatable bonds is 2. The fraction of sp³-hybridized carbons (Fsp3) is 0.0909. The average molecular weight is 243 g/mol. The smallest absolute Gasteiger partial charge is 0.176 e. The summed E-state index contributed by atoms with van der Waals surface area (Å²) in [4.78, 5) is 0.661. The Bertz CT molecular complexity index is 583. The quantitative estimate of drug-likeness (QED) is 0.813. The normalized spacial score (nSPS) is 19.4. The second kappa shape index (κ2) is 4.06. The minimum absolute atomic E-state index is 0.167. The van der Waals surface area contributed by atoms with Crippen LogP contribution in [0.4, 0.5) is 0 Å². The minimum atomic E-state index is -0.167. The first kappa shape index (κ1) is 10.1. The summed E-state index contributed by atoms with van der Waals surface area (Å²) in [5, 5.41) is 13.8. The van der Waals surface area contributed by atoms with E-state index >= 15 is 0 Å². The van der Waals surface area contributed by atoms with Crippen molar-refractivity contribution in [3.63, 3.8) is 0 Å². The van der Waals surface area contributed by atoms with Gasteiger partial charge in [0.2, 0.25) is 0 Å². The van der Waals surface area contributed by atoms with Crippen molar-refractivity contribution < 1.29 is 4.42 Å². The lowest BCUT2D eigenvalue weighted by Gasteiger charge is -2.17. The van der Waals surface area contributed by atoms with E-state index in [1.165, 1.54) is 0 Å². The van der Waals surface area contributed by atoms with Gasteiger partial charge in [0.25, 0.3) is 0 Å². The van der Waals surface area contributed by atoms with E-state index < -0.39 is 0 Å². The maximum Gasteiger partial charge on any atom is 0.176 e. The molecule has 0 fully saturated rings. The van der Waals surface area contributed by atoms with Gasteiger partial charge in [-0.2, -0.15) is 0 Å². The number of aromatic nitrogens is 4. The van der Waals surface area contributed by atoms with Gasteiger partial charge in [0.1, 0.15) is 5.76 Å². The Hall–Kier alpha value is -2.08. The van der Waals surface area contributed by atoms with Gasteiger partial charge in [0, 0.05) is 10.4 Å². The molecule has 83 valence electrons. The highest BCUT2D eigenvalue weighted by Gasteiger charge is 2.27. The molecule has 17 heavy (non-hydrogen) atoms. The Kier molecular flexibility index (Phi) is 2.41. The first-order valence-corrected chi connectivity index (χ1v) is 5.38. The molecule has 2 aromatic rings. The molecule has 1 radical (unpaired) electrons. The summed E-state index contributed by atoms with van der Waals surface area (Å²) in [7, 11) is 0. The van der Waals surface area contributed by atoms with Crippen LogP contribution in [0.3, 0.4) is 0 Å². The number of furan rings is 1. The molecule has 2 heterocycles. The largest absolute Gasteiger partial charge is 0.468 e. The topological polar surface area (TPSA) is 67.6 Å². The zero-order chi connectivity index (χ0) is 11.7. The Labute approximate surface area is 102 Å². The Morgan fingerprint density at radius 1 is 1.47 bits per heavy atom. The van der Waals surface area contributed by atoms with Gasteiger partial charge in [-0.25, -0.2) is 5.10 Å². The van der Waals surface area contributed by atoms with Crippen molar-refractivity contribution in [2.24, 2.45) is 0 Å². The first-order chi connectivity index (χ1) is 8.36. The molecule has 1 unspecified atom stereocenters. The Morgan fingerprint density at radius 3 is 3.12 bits per heavy atom. The summed E-state index contributed by atoms with van der Waals surface area (Å²) in [5.41, 5.74) is 0.883. The molecule has 2 aromatic heterocycles. The van der Waals surface area contributed by atoms with Gasteiger partial charge >= 0.3 is 0 Å². The zero-order valence-corrected chi connectivity index (χ0v) is 9.44. The van der Waals surface area contributed by atoms with Gasteiger partial charge in [0.05, 0.1) is 12.2 Å². The van der Waals surface area contributed by atoms with Crippen LogP contribution >= 0.6 is 12.2 Å². The molecule has 0 saturated carbocycles. The molecule has 0 bridgehead atoms. The molecule has 1 aliphatic carbocycles. The van der Waals surface area contributed by atoms with Crippen LogP contribution in [-0.4, -0.2) is 25.5 Å². The number of aromatic amines is 1. The minimum Gasteiger partial charge on any atom is -0.468 e. The molecule has 5 nitrogen and oxygen atoms in total. The van der Waals surface area contributed by atoms with E-state index in [9.17, 15) is 0 Å². The number of hydrogen-bond acceptors (Lipinski definition) is 5. The van der Waals surface area contributed by atoms with Gasteiger partial charge in [0.15, 0.2) is 5.82 Å². The van der Waals surface area contributed by atoms with E-state index in [4.69, 9.17) is 16.6 Å². The lowest BCUT2D eigenvalue weighted by molar-refractivity contribution is 0.517. The number of nitrogens with one attached hydrogen (secondary N) is 1. The monoisotopic (exact) mass is 243 g/mol. The van der Waals surface area contributed by atoms with E-state index in [-0.39, 0.29) is 5.92 Å². The SMILES string of the molecule is S=C1[C]=CC=C(c2nnn[nH]2)C1c1ccco1. The van der Waals surface area contributed by atoms with Crippen molar-refractivity contribution in [2.45, 2.75) is 5.92 Å². The van der Waals surface area contributed by atoms with Crippen molar-refractivity contribution in [3.8, 4) is 0 Å². The summed E-state index contributed by atoms with van der Waals surface area (Å²) in [6.45, 7) is 0. The molecule has 0 amide bonds. The Morgan fingerprint density at radius 2 is 2.41 bits per heavy atom. The number of allylic oxidation sites excluding steroid dienone is 4. The van der Waals surface area contributed by atoms with Crippen molar-refractivity contribution in [2.75, 3.05) is 0 Å². The lowest BCUT2D eigenvalue weighted by Crippen LogP contribution is -2.13. The van der Waals surface area contributed by atoms with Gasteiger partial charge in [-0.05, 0) is 28.6 Å². The highest BCUT2D eigenvalue weighted by Crippen LogP contribution is 2.34. The van der Waals surface area contributed by atoms with Crippen molar-refractivity contribution >= 4 is 22.7 Å². The predicted octanol–water partition coefficient (Wildman–Crippen LogP) is 1.70. The molecule has 1 aliphatic rings. The summed E-state index contributed by atoms with van der Waals surface area (Å²) in [5.74, 6) is 1.18. The molecule has 0 spiro atoms. The molecule has 0 aromatic carbocycles. The Balaban J connectivity index is 2.08. The predicted molar refractivity (Wildman–Crippen MR) is 64.0 cm³/mol. The van der Waals surface area contributed by atoms with Crippen LogP contribution in [0.2, 0.25) is 0 Å². The molecule has 0 saturated heterocycles. The van der Waals surface area contributed by atoms with Crippen molar-refractivity contribution in [1.29, 1.82) is 0 Å². The summed E-state index contributed by atoms with van der Waals surface area (Å²) < 4.78 is 5.41. The number of tetrazole rings is 1. The van der Waals surface area contributed by atoms with Crippen LogP contribution in [0.1, 0.15) is 17.5 Å². The summed E-state index contributed by atoms with van der Waals surface area (Å²) in [6.07, 6.45) is 8.26. The van der Waals surface area contributed by atoms with Crippen molar-refractivity contribution in [1.82, 2.24) is 20.6 Å². The molecular weight excluding hydrogens is 236 g/mol. The maximum absolute atomic E-state index is 5.41. The number of nitrogens with zero attached hydrogens (tertiary/aromatic N) is 3. The number of thiocarbonyl (C=S) groups is 1. The molecule has 1 atom stereocenters. The zero-order valence-electron chi connectivity index (χ0n) is 8.62. The molecule has 6 heteroatoms. The molecular formula is C11H7N4OS. The number of H-pyrrole nitrogens is 1. The second-order valence-corrected chi connectivity index (χ2v) is 3.94. The number of hydrogen-bond donors (Lipinski definition) is 1. The molecule has 0 aliphatic heterocycles.